The van der Waals surface area contributed by atoms with Crippen molar-refractivity contribution in [2.24, 2.45) is 0 Å². The van der Waals surface area contributed by atoms with E-state index in [9.17, 15) is 4.79 Å². The number of amides is 1. The molecule has 0 aliphatic carbocycles. The summed E-state index contributed by atoms with van der Waals surface area (Å²) in [4.78, 5) is 15.8. The Morgan fingerprint density at radius 2 is 2.14 bits per heavy atom. The van der Waals surface area contributed by atoms with Gasteiger partial charge in [0.25, 0.3) is 5.91 Å². The van der Waals surface area contributed by atoms with Crippen LogP contribution in [0.3, 0.4) is 0 Å². The van der Waals surface area contributed by atoms with Crippen LogP contribution in [0.5, 0.6) is 0 Å². The second-order valence-electron chi connectivity index (χ2n) is 4.44. The normalized spacial score (nSPS) is 10.3. The molecule has 0 fully saturated rings. The molecular formula is C15H11N5O. The highest BCUT2D eigenvalue weighted by Crippen LogP contribution is 2.18. The highest BCUT2D eigenvalue weighted by atomic mass is 16.1. The third-order valence-corrected chi connectivity index (χ3v) is 3.11. The summed E-state index contributed by atoms with van der Waals surface area (Å²) in [6.07, 6.45) is 3.24. The Bertz CT molecular complexity index is 858. The number of hydrogen-bond donors (Lipinski definition) is 1. The Morgan fingerprint density at radius 1 is 1.29 bits per heavy atom. The van der Waals surface area contributed by atoms with Crippen LogP contribution in [0.1, 0.15) is 15.9 Å². The molecule has 3 aromatic rings. The standard InChI is InChI=1S/C15H11N5O/c1-17-15(21)11-4-5-20-12(6-11)7-14(19-20)13-3-2-10(8-16)9-18-13/h2-7,9H,1H3,(H,17,21). The average molecular weight is 277 g/mol. The summed E-state index contributed by atoms with van der Waals surface area (Å²) in [5, 5.41) is 15.8. The monoisotopic (exact) mass is 277 g/mol. The van der Waals surface area contributed by atoms with Gasteiger partial charge in [0.05, 0.1) is 16.8 Å². The van der Waals surface area contributed by atoms with Crippen LogP contribution in [0, 0.1) is 11.3 Å². The molecule has 0 aliphatic rings. The van der Waals surface area contributed by atoms with Crippen molar-refractivity contribution in [2.45, 2.75) is 0 Å². The SMILES string of the molecule is CNC(=O)c1ccn2nc(-c3ccc(C#N)cn3)cc2c1. The number of nitrogens with one attached hydrogen (secondary N) is 1. The van der Waals surface area contributed by atoms with Gasteiger partial charge < -0.3 is 5.32 Å². The van der Waals surface area contributed by atoms with Crippen molar-refractivity contribution in [1.82, 2.24) is 19.9 Å². The molecule has 0 aliphatic heterocycles. The van der Waals surface area contributed by atoms with Crippen molar-refractivity contribution >= 4 is 11.4 Å². The number of fused-ring (bicyclic) bond motifs is 1. The van der Waals surface area contributed by atoms with E-state index in [2.05, 4.69) is 15.4 Å². The number of carbonyl (C=O) groups is 1. The molecule has 3 heterocycles. The molecule has 1 N–H and O–H groups in total. The first-order valence-corrected chi connectivity index (χ1v) is 6.29. The minimum Gasteiger partial charge on any atom is -0.355 e. The molecular weight excluding hydrogens is 266 g/mol. The molecule has 21 heavy (non-hydrogen) atoms. The zero-order valence-corrected chi connectivity index (χ0v) is 11.2. The van der Waals surface area contributed by atoms with Crippen LogP contribution in [0.4, 0.5) is 0 Å². The first kappa shape index (κ1) is 12.8. The summed E-state index contributed by atoms with van der Waals surface area (Å²) >= 11 is 0. The van der Waals surface area contributed by atoms with Gasteiger partial charge in [0, 0.05) is 25.0 Å². The van der Waals surface area contributed by atoms with Gasteiger partial charge >= 0.3 is 0 Å². The van der Waals surface area contributed by atoms with E-state index < -0.39 is 0 Å². The van der Waals surface area contributed by atoms with Crippen LogP contribution in [0.15, 0.2) is 42.7 Å². The molecule has 1 amide bonds. The molecule has 0 aromatic carbocycles. The summed E-state index contributed by atoms with van der Waals surface area (Å²) in [5.74, 6) is -0.142. The highest BCUT2D eigenvalue weighted by molar-refractivity contribution is 5.95. The Labute approximate surface area is 120 Å². The zero-order chi connectivity index (χ0) is 14.8. The molecule has 3 aromatic heterocycles. The Morgan fingerprint density at radius 3 is 2.81 bits per heavy atom. The van der Waals surface area contributed by atoms with Crippen LogP contribution in [0.2, 0.25) is 0 Å². The summed E-state index contributed by atoms with van der Waals surface area (Å²) in [6.45, 7) is 0. The van der Waals surface area contributed by atoms with E-state index in [-0.39, 0.29) is 5.91 Å². The predicted octanol–water partition coefficient (Wildman–Crippen LogP) is 1.63. The second kappa shape index (κ2) is 5.06. The molecule has 102 valence electrons. The minimum atomic E-state index is -0.142. The second-order valence-corrected chi connectivity index (χ2v) is 4.44. The van der Waals surface area contributed by atoms with Crippen LogP contribution in [-0.4, -0.2) is 27.6 Å². The number of aromatic nitrogens is 3. The number of nitrogens with zero attached hydrogens (tertiary/aromatic N) is 4. The lowest BCUT2D eigenvalue weighted by molar-refractivity contribution is 0.0963. The molecule has 6 heteroatoms. The topological polar surface area (TPSA) is 83.1 Å². The van der Waals surface area contributed by atoms with Crippen molar-refractivity contribution in [3.8, 4) is 17.5 Å². The van der Waals surface area contributed by atoms with E-state index in [1.807, 2.05) is 12.1 Å². The lowest BCUT2D eigenvalue weighted by Crippen LogP contribution is -2.17. The fraction of sp³-hybridized carbons (Fsp3) is 0.0667. The Kier molecular flexibility index (Phi) is 3.09. The van der Waals surface area contributed by atoms with Gasteiger partial charge in [-0.1, -0.05) is 0 Å². The van der Waals surface area contributed by atoms with Gasteiger partial charge in [-0.05, 0) is 30.3 Å². The summed E-state index contributed by atoms with van der Waals surface area (Å²) in [7, 11) is 1.59. The maximum atomic E-state index is 11.6. The summed E-state index contributed by atoms with van der Waals surface area (Å²) in [5.41, 5.74) is 3.25. The molecule has 0 radical (unpaired) electrons. The number of hydrogen-bond acceptors (Lipinski definition) is 4. The molecule has 0 atom stereocenters. The fourth-order valence-corrected chi connectivity index (χ4v) is 2.02. The third-order valence-electron chi connectivity index (χ3n) is 3.11. The molecule has 0 unspecified atom stereocenters. The molecule has 6 nitrogen and oxygen atoms in total. The summed E-state index contributed by atoms with van der Waals surface area (Å²) in [6, 6.07) is 10.8. The lowest BCUT2D eigenvalue weighted by atomic mass is 10.2. The highest BCUT2D eigenvalue weighted by Gasteiger charge is 2.09. The number of carbonyl (C=O) groups excluding carboxylic acids is 1. The van der Waals surface area contributed by atoms with E-state index in [0.29, 0.717) is 22.5 Å². The van der Waals surface area contributed by atoms with Crippen molar-refractivity contribution in [3.63, 3.8) is 0 Å². The van der Waals surface area contributed by atoms with Gasteiger partial charge in [-0.25, -0.2) is 4.52 Å². The van der Waals surface area contributed by atoms with Crippen LogP contribution < -0.4 is 5.32 Å². The smallest absolute Gasteiger partial charge is 0.251 e. The van der Waals surface area contributed by atoms with Gasteiger partial charge in [-0.3, -0.25) is 9.78 Å². The number of pyridine rings is 2. The third kappa shape index (κ3) is 2.32. The Balaban J connectivity index is 2.04. The molecule has 0 bridgehead atoms. The zero-order valence-electron chi connectivity index (χ0n) is 11.2. The van der Waals surface area contributed by atoms with Gasteiger partial charge in [0.15, 0.2) is 0 Å². The predicted molar refractivity (Wildman–Crippen MR) is 76.5 cm³/mol. The molecule has 0 saturated heterocycles. The van der Waals surface area contributed by atoms with Crippen LogP contribution >= 0.6 is 0 Å². The molecule has 3 rings (SSSR count). The minimum absolute atomic E-state index is 0.142. The van der Waals surface area contributed by atoms with E-state index in [4.69, 9.17) is 5.26 Å². The summed E-state index contributed by atoms with van der Waals surface area (Å²) < 4.78 is 1.68. The fourth-order valence-electron chi connectivity index (χ4n) is 2.02. The van der Waals surface area contributed by atoms with E-state index in [1.165, 1.54) is 6.20 Å². The van der Waals surface area contributed by atoms with E-state index >= 15 is 0 Å². The first-order valence-electron chi connectivity index (χ1n) is 6.29. The number of nitriles is 1. The lowest BCUT2D eigenvalue weighted by Gasteiger charge is -1.99. The average Bonchev–Trinajstić information content (AvgIpc) is 2.97. The van der Waals surface area contributed by atoms with E-state index in [1.54, 1.807) is 42.0 Å². The van der Waals surface area contributed by atoms with E-state index in [0.717, 1.165) is 5.52 Å². The van der Waals surface area contributed by atoms with Crippen LogP contribution in [0.25, 0.3) is 16.9 Å². The van der Waals surface area contributed by atoms with Crippen molar-refractivity contribution < 1.29 is 4.79 Å². The number of rotatable bonds is 2. The van der Waals surface area contributed by atoms with Crippen molar-refractivity contribution in [1.29, 1.82) is 5.26 Å². The molecule has 0 spiro atoms. The van der Waals surface area contributed by atoms with Gasteiger partial charge in [0.2, 0.25) is 0 Å². The largest absolute Gasteiger partial charge is 0.355 e. The first-order chi connectivity index (χ1) is 10.2. The van der Waals surface area contributed by atoms with Gasteiger partial charge in [0.1, 0.15) is 11.8 Å². The van der Waals surface area contributed by atoms with Crippen molar-refractivity contribution in [3.05, 3.63) is 53.9 Å². The van der Waals surface area contributed by atoms with Crippen molar-refractivity contribution in [2.75, 3.05) is 7.05 Å². The molecule has 0 saturated carbocycles. The maximum Gasteiger partial charge on any atom is 0.251 e. The van der Waals surface area contributed by atoms with Crippen LogP contribution in [-0.2, 0) is 0 Å². The van der Waals surface area contributed by atoms with Gasteiger partial charge in [-0.15, -0.1) is 0 Å². The quantitative estimate of drug-likeness (QED) is 0.771. The van der Waals surface area contributed by atoms with Gasteiger partial charge in [-0.2, -0.15) is 10.4 Å². The Hall–Kier alpha value is -3.20. The maximum absolute atomic E-state index is 11.6.